The van der Waals surface area contributed by atoms with E-state index in [1.165, 1.54) is 41.0 Å². The van der Waals surface area contributed by atoms with E-state index >= 15 is 0 Å². The van der Waals surface area contributed by atoms with Gasteiger partial charge in [0.05, 0.1) is 65.1 Å². The second-order valence-electron chi connectivity index (χ2n) is 29.9. The Kier molecular flexibility index (Phi) is 39.7. The highest BCUT2D eigenvalue weighted by Crippen LogP contribution is 2.51. The SMILES string of the molecule is C=C(C)C[Si](CCCn1cc(CNS(=O)(=O)c2ccc(N=Nc3ccc(N(C)C)cc3)cc2)nn1)(CC(=C)C)CC(=C)C.C=C(C)C[Si]1(CCCn2cc(CNS(=O)(=O)c3ccc(N=Nc4ccc(N(C)C)cc4)cc3)nn2)O[Si](C)([C@@H](C)[Si](C)(O)CC)[Si@](C)(CC)O1.CC.CC[Si@](C)(O)[SiH](C)O.CC[SiH](C)O. The summed E-state index contributed by atoms with van der Waals surface area (Å²) in [7, 11) is -15.9. The molecular formula is C74H130N14O10S2Si8. The molecule has 1 aliphatic heterocycles. The molecule has 24 nitrogen and oxygen atoms in total. The van der Waals surface area contributed by atoms with Crippen molar-refractivity contribution >= 4 is 120 Å². The van der Waals surface area contributed by atoms with Gasteiger partial charge in [-0.05, 0) is 230 Å². The number of azo groups is 2. The first-order chi connectivity index (χ1) is 50.4. The molecular weight excluding hydrogens is 1530 g/mol. The molecule has 600 valence electrons. The molecule has 1 saturated heterocycles. The van der Waals surface area contributed by atoms with Crippen LogP contribution in [0.5, 0.6) is 0 Å². The van der Waals surface area contributed by atoms with Gasteiger partial charge in [0, 0.05) is 71.1 Å². The number of allylic oxidation sites excluding steroid dienone is 4. The van der Waals surface area contributed by atoms with Crippen molar-refractivity contribution in [1.29, 1.82) is 0 Å². The number of aryl methyl sites for hydroxylation is 2. The molecule has 2 aromatic heterocycles. The van der Waals surface area contributed by atoms with Crippen molar-refractivity contribution in [2.24, 2.45) is 20.5 Å². The Labute approximate surface area is 657 Å². The van der Waals surface area contributed by atoms with Crippen LogP contribution in [0.25, 0.3) is 0 Å². The summed E-state index contributed by atoms with van der Waals surface area (Å²) in [5.74, 6) is 0. The van der Waals surface area contributed by atoms with Gasteiger partial charge in [0.15, 0.2) is 49.4 Å². The van der Waals surface area contributed by atoms with E-state index in [9.17, 15) is 26.4 Å². The Morgan fingerprint density at radius 3 is 1.26 bits per heavy atom. The van der Waals surface area contributed by atoms with Gasteiger partial charge < -0.3 is 37.2 Å². The quantitative estimate of drug-likeness (QED) is 0.0120. The summed E-state index contributed by atoms with van der Waals surface area (Å²) in [6.07, 6.45) is 5.32. The number of aromatic nitrogens is 6. The van der Waals surface area contributed by atoms with Gasteiger partial charge in [-0.2, -0.15) is 20.5 Å². The van der Waals surface area contributed by atoms with E-state index in [2.05, 4.69) is 138 Å². The lowest BCUT2D eigenvalue weighted by Gasteiger charge is -2.43. The molecule has 0 spiro atoms. The molecule has 1 aliphatic rings. The van der Waals surface area contributed by atoms with Gasteiger partial charge in [-0.1, -0.05) is 87.2 Å². The molecule has 0 saturated carbocycles. The van der Waals surface area contributed by atoms with E-state index in [0.29, 0.717) is 47.2 Å². The molecule has 5 unspecified atom stereocenters. The molecule has 0 aliphatic carbocycles. The normalized spacial score (nSPS) is 18.5. The zero-order chi connectivity index (χ0) is 81.7. The third-order valence-corrected chi connectivity index (χ3v) is 70.9. The first-order valence-corrected chi connectivity index (χ1v) is 63.0. The number of rotatable bonds is 37. The number of sulfonamides is 2. The highest BCUT2D eigenvalue weighted by Gasteiger charge is 2.69. The van der Waals surface area contributed by atoms with Gasteiger partial charge in [-0.3, -0.25) is 9.36 Å². The van der Waals surface area contributed by atoms with Gasteiger partial charge in [0.2, 0.25) is 20.0 Å². The van der Waals surface area contributed by atoms with Crippen molar-refractivity contribution in [3.05, 3.63) is 169 Å². The fraction of sp³-hybridized carbons (Fsp3) is 0.514. The minimum Gasteiger partial charge on any atom is -0.436 e. The van der Waals surface area contributed by atoms with Gasteiger partial charge in [0.1, 0.15) is 0 Å². The van der Waals surface area contributed by atoms with Crippen LogP contribution in [0.2, 0.25) is 105 Å². The van der Waals surface area contributed by atoms with Crippen LogP contribution in [0.4, 0.5) is 34.1 Å². The molecule has 1 fully saturated rings. The van der Waals surface area contributed by atoms with Crippen molar-refractivity contribution in [3.63, 3.8) is 0 Å². The molecule has 4 aromatic carbocycles. The second-order valence-corrected chi connectivity index (χ2v) is 73.1. The Morgan fingerprint density at radius 1 is 0.602 bits per heavy atom. The van der Waals surface area contributed by atoms with Crippen molar-refractivity contribution in [1.82, 2.24) is 39.4 Å². The molecule has 0 amide bonds. The Hall–Kier alpha value is -5.76. The number of hydrogen-bond donors (Lipinski definition) is 6. The molecule has 3 heterocycles. The van der Waals surface area contributed by atoms with E-state index < -0.39 is 86.1 Å². The standard InChI is InChI=1S/C33H55N7O5SSi4.C32H45N7O2SSi.C4H14O2Si2.C3H10OSi.C2H6/c1-11-47(8,43)28(5)49(10)45-50(26-27(3)4,44-48(49,9)12-2)23-13-22-40-25-31(37-38-40)24-34-46(41,42)33-20-16-30(17-21-33)36-35-29-14-18-32(19-15-29)39(6)7;1-25(2)22-43(23-26(3)4,24-27(5)6)19-9-18-39-21-30(36-37-39)20-33-42(40,41)32-16-12-29(13-17-32)35-34-28-10-14-31(15-11-28)38(7)8;1-4-8(3,6)7(2)5;1-3-5(2)4;1-2/h14-21,25,28,34,43H,3,11-13,22-24,26H2,1-2,4-10H3;10-17,21,33H,1,3,5,9,18-20,22-24H2,2,4,6-8H3;5-7H,4H2,1-3H3;4-5H,3H2,1-2H3;1-2H3/t28-,47?,48+,49?,50?;;7?,8-;;/m0.1../s1. The topological polar surface area (TPSA) is 309 Å². The average molecular weight is 1660 g/mol. The van der Waals surface area contributed by atoms with Gasteiger partial charge >= 0.3 is 8.56 Å². The average Bonchev–Trinajstić information content (AvgIpc) is 1.56. The zero-order valence-corrected chi connectivity index (χ0v) is 78.6. The van der Waals surface area contributed by atoms with Crippen LogP contribution >= 0.6 is 0 Å². The predicted octanol–water partition coefficient (Wildman–Crippen LogP) is 16.6. The zero-order valence-electron chi connectivity index (χ0n) is 68.7. The largest absolute Gasteiger partial charge is 0.436 e. The Morgan fingerprint density at radius 2 is 0.963 bits per heavy atom. The van der Waals surface area contributed by atoms with Crippen LogP contribution < -0.4 is 19.2 Å². The molecule has 108 heavy (non-hydrogen) atoms. The smallest absolute Gasteiger partial charge is 0.321 e. The van der Waals surface area contributed by atoms with Crippen LogP contribution in [0, 0.1) is 0 Å². The highest BCUT2D eigenvalue weighted by molar-refractivity contribution is 7.89. The summed E-state index contributed by atoms with van der Waals surface area (Å²) in [6, 6.07) is 37.3. The lowest BCUT2D eigenvalue weighted by Crippen LogP contribution is -2.64. The van der Waals surface area contributed by atoms with Crippen molar-refractivity contribution in [3.8, 4) is 0 Å². The second kappa shape index (κ2) is 44.5. The lowest BCUT2D eigenvalue weighted by molar-refractivity contribution is 0.412. The van der Waals surface area contributed by atoms with Crippen LogP contribution in [-0.4, -0.2) is 160 Å². The maximum Gasteiger partial charge on any atom is 0.321 e. The third kappa shape index (κ3) is 31.1. The molecule has 0 bridgehead atoms. The van der Waals surface area contributed by atoms with Gasteiger partial charge in [-0.15, -0.1) is 36.5 Å². The number of hydrogen-bond acceptors (Lipinski definition) is 20. The van der Waals surface area contributed by atoms with Crippen molar-refractivity contribution in [2.45, 2.75) is 230 Å². The lowest BCUT2D eigenvalue weighted by atomic mass is 10.3. The summed E-state index contributed by atoms with van der Waals surface area (Å²) in [5, 5.41) is 34.0. The molecule has 8 atom stereocenters. The van der Waals surface area contributed by atoms with Crippen molar-refractivity contribution in [2.75, 3.05) is 38.0 Å². The third-order valence-electron chi connectivity index (χ3n) is 19.5. The summed E-state index contributed by atoms with van der Waals surface area (Å²) < 4.78 is 75.2. The first-order valence-electron chi connectivity index (χ1n) is 37.6. The Balaban J connectivity index is 0.000000474. The Bertz CT molecular complexity index is 4040. The number of anilines is 2. The van der Waals surface area contributed by atoms with Gasteiger partial charge in [0.25, 0.3) is 0 Å². The van der Waals surface area contributed by atoms with Crippen LogP contribution in [0.15, 0.2) is 188 Å². The summed E-state index contributed by atoms with van der Waals surface area (Å²) in [4.78, 5) is 42.6. The molecule has 34 heteroatoms. The number of nitrogens with one attached hydrogen (secondary N) is 2. The van der Waals surface area contributed by atoms with E-state index in [4.69, 9.17) is 17.8 Å². The molecule has 0 radical (unpaired) electrons. The first kappa shape index (κ1) is 96.4. The summed E-state index contributed by atoms with van der Waals surface area (Å²) in [6.45, 7) is 53.3. The van der Waals surface area contributed by atoms with Crippen molar-refractivity contribution < 1.29 is 44.2 Å². The summed E-state index contributed by atoms with van der Waals surface area (Å²) >= 11 is 0. The molecule has 7 rings (SSSR count). The highest BCUT2D eigenvalue weighted by atomic mass is 32.2. The fourth-order valence-electron chi connectivity index (χ4n) is 12.2. The van der Waals surface area contributed by atoms with Crippen LogP contribution in [-0.2, 0) is 54.5 Å². The van der Waals surface area contributed by atoms with Crippen LogP contribution in [0.1, 0.15) is 100 Å². The minimum absolute atomic E-state index is 0.0108. The maximum atomic E-state index is 13.0. The minimum atomic E-state index is -3.79. The van der Waals surface area contributed by atoms with Gasteiger partial charge in [-0.25, -0.2) is 26.3 Å². The van der Waals surface area contributed by atoms with E-state index in [-0.39, 0.29) is 28.0 Å². The monoisotopic (exact) mass is 1660 g/mol. The van der Waals surface area contributed by atoms with E-state index in [1.807, 2.05) is 134 Å². The molecule has 6 aromatic rings. The fourth-order valence-corrected chi connectivity index (χ4v) is 60.9. The maximum absolute atomic E-state index is 13.0. The number of nitrogens with zero attached hydrogens (tertiary/aromatic N) is 12. The molecule has 6 N–H and O–H groups in total. The number of benzene rings is 4. The van der Waals surface area contributed by atoms with Crippen LogP contribution in [0.3, 0.4) is 0 Å². The predicted molar refractivity (Wildman–Crippen MR) is 466 cm³/mol. The van der Waals surface area contributed by atoms with E-state index in [1.54, 1.807) is 52.6 Å². The summed E-state index contributed by atoms with van der Waals surface area (Å²) in [5.41, 5.74) is 10.4. The van der Waals surface area contributed by atoms with E-state index in [0.717, 1.165) is 90.2 Å².